The number of nitrogens with zero attached hydrogens (tertiary/aromatic N) is 3. The summed E-state index contributed by atoms with van der Waals surface area (Å²) < 4.78 is 0. The van der Waals surface area contributed by atoms with Gasteiger partial charge in [0.1, 0.15) is 12.0 Å². The molecule has 5 nitrogen and oxygen atoms in total. The highest BCUT2D eigenvalue weighted by Gasteiger charge is 2.11. The third-order valence-corrected chi connectivity index (χ3v) is 2.83. The van der Waals surface area contributed by atoms with Gasteiger partial charge in [-0.1, -0.05) is 30.3 Å². The molecule has 19 heavy (non-hydrogen) atoms. The van der Waals surface area contributed by atoms with E-state index in [0.717, 1.165) is 18.9 Å². The van der Waals surface area contributed by atoms with E-state index in [1.165, 1.54) is 11.9 Å². The Morgan fingerprint density at radius 2 is 1.95 bits per heavy atom. The number of aromatic nitrogens is 2. The summed E-state index contributed by atoms with van der Waals surface area (Å²) in [5, 5.41) is 3.13. The number of nitrogen functional groups attached to an aromatic ring is 1. The lowest BCUT2D eigenvalue weighted by atomic mass is 10.2. The Hall–Kier alpha value is -2.30. The molecule has 3 N–H and O–H groups in total. The fourth-order valence-corrected chi connectivity index (χ4v) is 1.93. The summed E-state index contributed by atoms with van der Waals surface area (Å²) in [4.78, 5) is 10.4. The molecule has 0 bridgehead atoms. The number of benzene rings is 1. The molecule has 0 atom stereocenters. The predicted molar refractivity (Wildman–Crippen MR) is 79.2 cm³/mol. The molecular weight excluding hydrogens is 238 g/mol. The number of rotatable bonds is 5. The van der Waals surface area contributed by atoms with Crippen LogP contribution in [0.5, 0.6) is 0 Å². The minimum Gasteiger partial charge on any atom is -0.393 e. The van der Waals surface area contributed by atoms with Gasteiger partial charge in [-0.15, -0.1) is 0 Å². The summed E-state index contributed by atoms with van der Waals surface area (Å²) in [6.07, 6.45) is 1.53. The Kier molecular flexibility index (Phi) is 4.18. The molecule has 0 aliphatic rings. The molecule has 0 amide bonds. The van der Waals surface area contributed by atoms with Gasteiger partial charge in [0.15, 0.2) is 11.6 Å². The summed E-state index contributed by atoms with van der Waals surface area (Å²) >= 11 is 0. The smallest absolute Gasteiger partial charge is 0.157 e. The highest BCUT2D eigenvalue weighted by Crippen LogP contribution is 2.25. The first kappa shape index (κ1) is 13.1. The number of nitrogens with one attached hydrogen (secondary N) is 1. The van der Waals surface area contributed by atoms with Crippen LogP contribution < -0.4 is 16.0 Å². The molecule has 0 radical (unpaired) electrons. The molecule has 0 saturated carbocycles. The van der Waals surface area contributed by atoms with Gasteiger partial charge in [0.25, 0.3) is 0 Å². The maximum absolute atomic E-state index is 6.09. The predicted octanol–water partition coefficient (Wildman–Crippen LogP) is 2.13. The summed E-state index contributed by atoms with van der Waals surface area (Å²) in [6.45, 7) is 3.55. The summed E-state index contributed by atoms with van der Waals surface area (Å²) in [6, 6.07) is 10.2. The molecule has 0 saturated heterocycles. The first-order chi connectivity index (χ1) is 9.22. The number of anilines is 3. The number of hydrogen-bond acceptors (Lipinski definition) is 5. The van der Waals surface area contributed by atoms with E-state index < -0.39 is 0 Å². The van der Waals surface area contributed by atoms with E-state index in [1.807, 2.05) is 37.1 Å². The first-order valence-corrected chi connectivity index (χ1v) is 6.31. The Bertz CT molecular complexity index is 527. The largest absolute Gasteiger partial charge is 0.393 e. The van der Waals surface area contributed by atoms with Crippen LogP contribution in [-0.4, -0.2) is 23.6 Å². The van der Waals surface area contributed by atoms with Gasteiger partial charge in [-0.3, -0.25) is 0 Å². The third kappa shape index (κ3) is 3.13. The molecule has 2 rings (SSSR count). The van der Waals surface area contributed by atoms with Gasteiger partial charge in [0.05, 0.1) is 0 Å². The zero-order valence-electron chi connectivity index (χ0n) is 11.3. The fourth-order valence-electron chi connectivity index (χ4n) is 1.93. The van der Waals surface area contributed by atoms with E-state index in [4.69, 9.17) is 5.73 Å². The van der Waals surface area contributed by atoms with Crippen molar-refractivity contribution in [2.45, 2.75) is 13.5 Å². The fraction of sp³-hybridized carbons (Fsp3) is 0.286. The van der Waals surface area contributed by atoms with Crippen molar-refractivity contribution in [1.29, 1.82) is 0 Å². The average molecular weight is 257 g/mol. The second-order valence-electron chi connectivity index (χ2n) is 4.33. The lowest BCUT2D eigenvalue weighted by molar-refractivity contribution is 0.893. The van der Waals surface area contributed by atoms with E-state index in [2.05, 4.69) is 27.4 Å². The molecule has 1 aromatic heterocycles. The molecule has 0 spiro atoms. The van der Waals surface area contributed by atoms with E-state index in [0.29, 0.717) is 11.5 Å². The molecule has 1 heterocycles. The zero-order chi connectivity index (χ0) is 13.7. The van der Waals surface area contributed by atoms with Crippen molar-refractivity contribution in [2.24, 2.45) is 0 Å². The van der Waals surface area contributed by atoms with Crippen LogP contribution in [0.1, 0.15) is 12.5 Å². The lowest BCUT2D eigenvalue weighted by Crippen LogP contribution is -2.20. The average Bonchev–Trinajstić information content (AvgIpc) is 2.42. The molecule has 100 valence electrons. The number of hydrogen-bond donors (Lipinski definition) is 2. The molecule has 0 aliphatic heterocycles. The van der Waals surface area contributed by atoms with Crippen molar-refractivity contribution < 1.29 is 0 Å². The highest BCUT2D eigenvalue weighted by molar-refractivity contribution is 5.74. The van der Waals surface area contributed by atoms with Crippen LogP contribution >= 0.6 is 0 Å². The van der Waals surface area contributed by atoms with Crippen molar-refractivity contribution in [3.63, 3.8) is 0 Å². The highest BCUT2D eigenvalue weighted by atomic mass is 15.2. The zero-order valence-corrected chi connectivity index (χ0v) is 11.3. The molecule has 2 aromatic rings. The Labute approximate surface area is 113 Å². The van der Waals surface area contributed by atoms with Crippen LogP contribution in [0.4, 0.5) is 17.3 Å². The van der Waals surface area contributed by atoms with Crippen LogP contribution in [0.3, 0.4) is 0 Å². The van der Waals surface area contributed by atoms with Gasteiger partial charge in [0, 0.05) is 20.1 Å². The standard InChI is InChI=1S/C14H19N5/c1-3-16-13-12(15)14(18-10-17-13)19(2)9-11-7-5-4-6-8-11/h4-8,10H,3,9,15H2,1-2H3,(H,16,17,18). The topological polar surface area (TPSA) is 67.1 Å². The van der Waals surface area contributed by atoms with E-state index in [9.17, 15) is 0 Å². The number of nitrogens with two attached hydrogens (primary N) is 1. The summed E-state index contributed by atoms with van der Waals surface area (Å²) in [5.41, 5.74) is 7.90. The Morgan fingerprint density at radius 3 is 2.63 bits per heavy atom. The van der Waals surface area contributed by atoms with Crippen LogP contribution in [0.15, 0.2) is 36.7 Å². The van der Waals surface area contributed by atoms with E-state index in [-0.39, 0.29) is 0 Å². The van der Waals surface area contributed by atoms with Crippen LogP contribution in [-0.2, 0) is 6.54 Å². The quantitative estimate of drug-likeness (QED) is 0.859. The van der Waals surface area contributed by atoms with Gasteiger partial charge in [0.2, 0.25) is 0 Å². The summed E-state index contributed by atoms with van der Waals surface area (Å²) in [7, 11) is 1.97. The Morgan fingerprint density at radius 1 is 1.21 bits per heavy atom. The van der Waals surface area contributed by atoms with Crippen molar-refractivity contribution >= 4 is 17.3 Å². The minimum atomic E-state index is 0.586. The van der Waals surface area contributed by atoms with Crippen molar-refractivity contribution in [1.82, 2.24) is 9.97 Å². The molecule has 0 unspecified atom stereocenters. The monoisotopic (exact) mass is 257 g/mol. The van der Waals surface area contributed by atoms with Gasteiger partial charge in [-0.25, -0.2) is 9.97 Å². The second kappa shape index (κ2) is 6.04. The normalized spacial score (nSPS) is 10.2. The first-order valence-electron chi connectivity index (χ1n) is 6.31. The lowest BCUT2D eigenvalue weighted by Gasteiger charge is -2.20. The molecular formula is C14H19N5. The van der Waals surface area contributed by atoms with Crippen molar-refractivity contribution in [3.8, 4) is 0 Å². The Balaban J connectivity index is 2.19. The second-order valence-corrected chi connectivity index (χ2v) is 4.33. The van der Waals surface area contributed by atoms with E-state index >= 15 is 0 Å². The molecule has 0 fully saturated rings. The maximum Gasteiger partial charge on any atom is 0.157 e. The molecule has 5 heteroatoms. The van der Waals surface area contributed by atoms with Crippen molar-refractivity contribution in [2.75, 3.05) is 29.5 Å². The van der Waals surface area contributed by atoms with Crippen LogP contribution in [0, 0.1) is 0 Å². The minimum absolute atomic E-state index is 0.586. The molecule has 1 aromatic carbocycles. The van der Waals surface area contributed by atoms with Crippen LogP contribution in [0.2, 0.25) is 0 Å². The summed E-state index contributed by atoms with van der Waals surface area (Å²) in [5.74, 6) is 1.43. The SMILES string of the molecule is CCNc1ncnc(N(C)Cc2ccccc2)c1N. The van der Waals surface area contributed by atoms with Gasteiger partial charge in [-0.2, -0.15) is 0 Å². The van der Waals surface area contributed by atoms with E-state index in [1.54, 1.807) is 0 Å². The maximum atomic E-state index is 6.09. The third-order valence-electron chi connectivity index (χ3n) is 2.83. The van der Waals surface area contributed by atoms with Gasteiger partial charge in [-0.05, 0) is 12.5 Å². The van der Waals surface area contributed by atoms with Crippen molar-refractivity contribution in [3.05, 3.63) is 42.2 Å². The van der Waals surface area contributed by atoms with Gasteiger partial charge >= 0.3 is 0 Å². The van der Waals surface area contributed by atoms with Gasteiger partial charge < -0.3 is 16.0 Å². The van der Waals surface area contributed by atoms with Crippen LogP contribution in [0.25, 0.3) is 0 Å². The molecule has 0 aliphatic carbocycles.